The van der Waals surface area contributed by atoms with Crippen LogP contribution >= 0.6 is 23.1 Å². The summed E-state index contributed by atoms with van der Waals surface area (Å²) >= 11 is 3.30. The van der Waals surface area contributed by atoms with Crippen LogP contribution in [0.3, 0.4) is 0 Å². The summed E-state index contributed by atoms with van der Waals surface area (Å²) in [6.07, 6.45) is 10.8. The van der Waals surface area contributed by atoms with Crippen LogP contribution in [0.5, 0.6) is 0 Å². The minimum atomic E-state index is -0.195. The van der Waals surface area contributed by atoms with Gasteiger partial charge in [0, 0.05) is 39.8 Å². The summed E-state index contributed by atoms with van der Waals surface area (Å²) in [5, 5.41) is 10.9. The lowest BCUT2D eigenvalue weighted by Gasteiger charge is -2.37. The van der Waals surface area contributed by atoms with Crippen LogP contribution < -0.4 is 4.90 Å². The Bertz CT molecular complexity index is 1170. The van der Waals surface area contributed by atoms with Crippen molar-refractivity contribution in [3.8, 4) is 6.07 Å². The highest BCUT2D eigenvalue weighted by Crippen LogP contribution is 2.47. The van der Waals surface area contributed by atoms with Crippen LogP contribution in [0, 0.1) is 11.3 Å². The summed E-state index contributed by atoms with van der Waals surface area (Å²) in [6.45, 7) is 0. The maximum absolute atomic E-state index is 13.7. The van der Waals surface area contributed by atoms with Gasteiger partial charge in [-0.15, -0.1) is 23.1 Å². The van der Waals surface area contributed by atoms with Crippen LogP contribution in [0.15, 0.2) is 40.4 Å². The highest BCUT2D eigenvalue weighted by atomic mass is 32.2. The lowest BCUT2D eigenvalue weighted by molar-refractivity contribution is -0.119. The SMILES string of the molecule is CSc1ccc([C@@H]2CC(=O)N(c3sc4c(c3C#N)CCCCCC4)C3=C2C(=O)CCC3)cc1. The van der Waals surface area contributed by atoms with Crippen molar-refractivity contribution in [2.24, 2.45) is 0 Å². The van der Waals surface area contributed by atoms with Gasteiger partial charge < -0.3 is 0 Å². The van der Waals surface area contributed by atoms with E-state index in [1.54, 1.807) is 28.0 Å². The molecule has 0 bridgehead atoms. The van der Waals surface area contributed by atoms with Gasteiger partial charge in [0.1, 0.15) is 11.1 Å². The zero-order valence-electron chi connectivity index (χ0n) is 19.0. The number of benzene rings is 1. The van der Waals surface area contributed by atoms with Gasteiger partial charge in [0.05, 0.1) is 5.56 Å². The Morgan fingerprint density at radius 3 is 2.48 bits per heavy atom. The van der Waals surface area contributed by atoms with Crippen molar-refractivity contribution >= 4 is 39.8 Å². The molecule has 4 nitrogen and oxygen atoms in total. The van der Waals surface area contributed by atoms with Crippen molar-refractivity contribution < 1.29 is 9.59 Å². The highest BCUT2D eigenvalue weighted by molar-refractivity contribution is 7.98. The van der Waals surface area contributed by atoms with Gasteiger partial charge in [-0.25, -0.2) is 0 Å². The number of thioether (sulfide) groups is 1. The maximum Gasteiger partial charge on any atom is 0.232 e. The summed E-state index contributed by atoms with van der Waals surface area (Å²) in [5.74, 6) is -0.0341. The molecular formula is C27H28N2O2S2. The molecule has 33 heavy (non-hydrogen) atoms. The fourth-order valence-electron chi connectivity index (χ4n) is 5.53. The van der Waals surface area contributed by atoms with Crippen molar-refractivity contribution in [3.63, 3.8) is 0 Å². The number of Topliss-reactive ketones (excluding diaryl/α,β-unsaturated/α-hetero) is 1. The molecule has 0 fully saturated rings. The van der Waals surface area contributed by atoms with Crippen molar-refractivity contribution in [1.29, 1.82) is 5.26 Å². The van der Waals surface area contributed by atoms with E-state index >= 15 is 0 Å². The van der Waals surface area contributed by atoms with Gasteiger partial charge in [0.15, 0.2) is 5.78 Å². The second-order valence-electron chi connectivity index (χ2n) is 9.11. The van der Waals surface area contributed by atoms with Crippen LogP contribution in [-0.2, 0) is 22.4 Å². The molecule has 0 radical (unpaired) electrons. The molecule has 1 amide bonds. The molecule has 2 heterocycles. The van der Waals surface area contributed by atoms with E-state index in [-0.39, 0.29) is 24.0 Å². The number of thiophene rings is 1. The number of allylic oxidation sites excluding steroid dienone is 2. The van der Waals surface area contributed by atoms with Gasteiger partial charge in [-0.3, -0.25) is 14.5 Å². The van der Waals surface area contributed by atoms with Crippen LogP contribution in [0.25, 0.3) is 0 Å². The molecule has 1 aliphatic heterocycles. The quantitative estimate of drug-likeness (QED) is 0.473. The summed E-state index contributed by atoms with van der Waals surface area (Å²) in [6, 6.07) is 10.7. The molecule has 1 aromatic carbocycles. The lowest BCUT2D eigenvalue weighted by Crippen LogP contribution is -2.40. The molecule has 3 aliphatic rings. The average Bonchev–Trinajstić information content (AvgIpc) is 3.14. The van der Waals surface area contributed by atoms with Crippen LogP contribution in [0.2, 0.25) is 0 Å². The summed E-state index contributed by atoms with van der Waals surface area (Å²) in [5.41, 5.74) is 4.47. The average molecular weight is 477 g/mol. The van der Waals surface area contributed by atoms with E-state index in [9.17, 15) is 14.9 Å². The third-order valence-corrected chi connectivity index (χ3v) is 9.18. The zero-order chi connectivity index (χ0) is 22.9. The predicted molar refractivity (Wildman–Crippen MR) is 134 cm³/mol. The second kappa shape index (κ2) is 9.48. The number of rotatable bonds is 3. The van der Waals surface area contributed by atoms with E-state index in [1.807, 2.05) is 6.26 Å². The molecule has 1 aromatic heterocycles. The van der Waals surface area contributed by atoms with Crippen LogP contribution in [-0.4, -0.2) is 17.9 Å². The van der Waals surface area contributed by atoms with Crippen LogP contribution in [0.1, 0.15) is 78.9 Å². The Kier molecular flexibility index (Phi) is 6.44. The third-order valence-electron chi connectivity index (χ3n) is 7.16. The number of nitriles is 1. The molecule has 0 spiro atoms. The number of ketones is 1. The number of nitrogens with zero attached hydrogens (tertiary/aromatic N) is 2. The topological polar surface area (TPSA) is 61.2 Å². The molecule has 0 saturated heterocycles. The molecule has 2 aromatic rings. The molecule has 5 rings (SSSR count). The van der Waals surface area contributed by atoms with Gasteiger partial charge in [-0.1, -0.05) is 25.0 Å². The van der Waals surface area contributed by atoms with Gasteiger partial charge in [-0.05, 0) is 68.0 Å². The number of hydrogen-bond acceptors (Lipinski definition) is 5. The minimum absolute atomic E-state index is 0.00751. The molecule has 0 unspecified atom stereocenters. The minimum Gasteiger partial charge on any atom is -0.294 e. The van der Waals surface area contributed by atoms with E-state index in [0.717, 1.165) is 59.5 Å². The summed E-state index contributed by atoms with van der Waals surface area (Å²) in [7, 11) is 0. The number of anilines is 1. The third kappa shape index (κ3) is 4.06. The highest BCUT2D eigenvalue weighted by Gasteiger charge is 2.41. The molecular weight excluding hydrogens is 448 g/mol. The smallest absolute Gasteiger partial charge is 0.232 e. The van der Waals surface area contributed by atoms with E-state index in [4.69, 9.17) is 0 Å². The Morgan fingerprint density at radius 1 is 1.00 bits per heavy atom. The number of carbonyl (C=O) groups excluding carboxylic acids is 2. The number of fused-ring (bicyclic) bond motifs is 1. The number of hydrogen-bond donors (Lipinski definition) is 0. The zero-order valence-corrected chi connectivity index (χ0v) is 20.6. The predicted octanol–water partition coefficient (Wildman–Crippen LogP) is 6.53. The maximum atomic E-state index is 13.7. The van der Waals surface area contributed by atoms with Crippen molar-refractivity contribution in [1.82, 2.24) is 0 Å². The van der Waals surface area contributed by atoms with Gasteiger partial charge in [0.2, 0.25) is 5.91 Å². The Hall–Kier alpha value is -2.36. The van der Waals surface area contributed by atoms with Crippen LogP contribution in [0.4, 0.5) is 5.00 Å². The Labute approximate surface area is 203 Å². The van der Waals surface area contributed by atoms with Crippen molar-refractivity contribution in [2.75, 3.05) is 11.2 Å². The van der Waals surface area contributed by atoms with E-state index < -0.39 is 0 Å². The van der Waals surface area contributed by atoms with Gasteiger partial charge in [-0.2, -0.15) is 5.26 Å². The first kappa shape index (κ1) is 22.4. The largest absolute Gasteiger partial charge is 0.294 e. The first-order valence-electron chi connectivity index (χ1n) is 11.9. The fraction of sp³-hybridized carbons (Fsp3) is 0.444. The Morgan fingerprint density at radius 2 is 1.76 bits per heavy atom. The van der Waals surface area contributed by atoms with E-state index in [0.29, 0.717) is 18.4 Å². The number of carbonyl (C=O) groups is 2. The van der Waals surface area contributed by atoms with Crippen molar-refractivity contribution in [2.45, 2.75) is 75.0 Å². The van der Waals surface area contributed by atoms with E-state index in [2.05, 4.69) is 30.3 Å². The molecule has 2 aliphatic carbocycles. The summed E-state index contributed by atoms with van der Waals surface area (Å²) < 4.78 is 0. The second-order valence-corrected chi connectivity index (χ2v) is 11.1. The molecule has 0 saturated carbocycles. The first-order valence-corrected chi connectivity index (χ1v) is 13.9. The fourth-order valence-corrected chi connectivity index (χ4v) is 7.32. The number of aryl methyl sites for hydroxylation is 1. The normalized spacial score (nSPS) is 21.2. The standard InChI is InChI=1S/C27H28N2O2S2/c1-32-18-13-11-17(12-14-18)20-15-25(31)29(22-8-6-9-23(30)26(20)22)27-21(16-28)19-7-4-2-3-5-10-24(19)33-27/h11-14,20H,2-10,15H2,1H3/t20-/m0/s1. The van der Waals surface area contributed by atoms with E-state index in [1.165, 1.54) is 22.6 Å². The van der Waals surface area contributed by atoms with Gasteiger partial charge >= 0.3 is 0 Å². The Balaban J connectivity index is 1.63. The molecule has 0 N–H and O–H groups in total. The lowest BCUT2D eigenvalue weighted by atomic mass is 9.77. The summed E-state index contributed by atoms with van der Waals surface area (Å²) in [4.78, 5) is 31.0. The molecule has 6 heteroatoms. The van der Waals surface area contributed by atoms with Crippen molar-refractivity contribution in [3.05, 3.63) is 57.1 Å². The number of amides is 1. The molecule has 170 valence electrons. The first-order chi connectivity index (χ1) is 16.1. The van der Waals surface area contributed by atoms with Gasteiger partial charge in [0.25, 0.3) is 0 Å². The molecule has 1 atom stereocenters. The monoisotopic (exact) mass is 476 g/mol.